The third-order valence-electron chi connectivity index (χ3n) is 2.57. The molecule has 2 aliphatic rings. The zero-order chi connectivity index (χ0) is 6.27. The van der Waals surface area contributed by atoms with Crippen LogP contribution in [0.15, 0.2) is 0 Å². The van der Waals surface area contributed by atoms with Crippen LogP contribution in [-0.4, -0.2) is 18.0 Å². The second-order valence-corrected chi connectivity index (χ2v) is 3.08. The smallest absolute Gasteiger partial charge is 0.157 e. The molecule has 0 aromatic heterocycles. The van der Waals surface area contributed by atoms with Crippen molar-refractivity contribution in [3.05, 3.63) is 0 Å². The highest BCUT2D eigenvalue weighted by Gasteiger charge is 2.38. The van der Waals surface area contributed by atoms with Crippen molar-refractivity contribution < 1.29 is 9.84 Å². The zero-order valence-corrected chi connectivity index (χ0v) is 5.42. The summed E-state index contributed by atoms with van der Waals surface area (Å²) in [6.07, 6.45) is 3.29. The van der Waals surface area contributed by atoms with Crippen LogP contribution in [-0.2, 0) is 4.74 Å². The van der Waals surface area contributed by atoms with Crippen molar-refractivity contribution in [2.45, 2.75) is 25.6 Å². The Morgan fingerprint density at radius 1 is 1.33 bits per heavy atom. The number of aliphatic hydroxyl groups excluding tert-OH is 1. The van der Waals surface area contributed by atoms with Gasteiger partial charge in [-0.2, -0.15) is 0 Å². The van der Waals surface area contributed by atoms with Crippen molar-refractivity contribution in [2.75, 3.05) is 6.61 Å². The summed E-state index contributed by atoms with van der Waals surface area (Å²) in [6.45, 7) is 0.797. The first-order valence-corrected chi connectivity index (χ1v) is 3.67. The molecule has 0 spiro atoms. The van der Waals surface area contributed by atoms with Gasteiger partial charge in [-0.15, -0.1) is 0 Å². The highest BCUT2D eigenvalue weighted by Crippen LogP contribution is 2.39. The van der Waals surface area contributed by atoms with Gasteiger partial charge in [-0.3, -0.25) is 0 Å². The average Bonchev–Trinajstić information content (AvgIpc) is 2.35. The number of ether oxygens (including phenoxy) is 1. The van der Waals surface area contributed by atoms with E-state index in [4.69, 9.17) is 4.74 Å². The van der Waals surface area contributed by atoms with Crippen molar-refractivity contribution in [1.82, 2.24) is 0 Å². The number of hydrogen-bond donors (Lipinski definition) is 1. The number of fused-ring (bicyclic) bond motifs is 1. The Balaban J connectivity index is 2.07. The van der Waals surface area contributed by atoms with Crippen LogP contribution in [0, 0.1) is 11.8 Å². The molecule has 0 unspecified atom stereocenters. The van der Waals surface area contributed by atoms with Crippen molar-refractivity contribution in [3.63, 3.8) is 0 Å². The molecule has 1 aliphatic carbocycles. The molecule has 0 bridgehead atoms. The molecular formula is C7H12O2. The zero-order valence-electron chi connectivity index (χ0n) is 5.42. The average molecular weight is 128 g/mol. The molecule has 2 rings (SSSR count). The summed E-state index contributed by atoms with van der Waals surface area (Å²) in [4.78, 5) is 0. The molecule has 0 radical (unpaired) electrons. The Morgan fingerprint density at radius 2 is 2.22 bits per heavy atom. The van der Waals surface area contributed by atoms with E-state index in [1.54, 1.807) is 0 Å². The molecule has 52 valence electrons. The van der Waals surface area contributed by atoms with Gasteiger partial charge in [-0.05, 0) is 18.8 Å². The van der Waals surface area contributed by atoms with E-state index in [1.807, 2.05) is 0 Å². The minimum absolute atomic E-state index is 0.433. The summed E-state index contributed by atoms with van der Waals surface area (Å²) in [6, 6.07) is 0. The molecule has 2 heteroatoms. The molecule has 0 amide bonds. The summed E-state index contributed by atoms with van der Waals surface area (Å²) in [5, 5.41) is 9.18. The topological polar surface area (TPSA) is 29.5 Å². The molecular weight excluding hydrogens is 116 g/mol. The SMILES string of the molecule is O[C@H]1OC[C@H]2CCC[C@H]21. The Hall–Kier alpha value is -0.0800. The minimum atomic E-state index is -0.433. The van der Waals surface area contributed by atoms with Crippen LogP contribution < -0.4 is 0 Å². The Labute approximate surface area is 54.8 Å². The molecule has 1 saturated heterocycles. The van der Waals surface area contributed by atoms with Gasteiger partial charge in [0.2, 0.25) is 0 Å². The van der Waals surface area contributed by atoms with Gasteiger partial charge in [0.1, 0.15) is 0 Å². The van der Waals surface area contributed by atoms with Crippen molar-refractivity contribution in [3.8, 4) is 0 Å². The molecule has 1 N–H and O–H groups in total. The van der Waals surface area contributed by atoms with E-state index in [0.29, 0.717) is 11.8 Å². The predicted octanol–water partition coefficient (Wildman–Crippen LogP) is 0.751. The van der Waals surface area contributed by atoms with Crippen molar-refractivity contribution >= 4 is 0 Å². The second-order valence-electron chi connectivity index (χ2n) is 3.08. The maximum atomic E-state index is 9.18. The van der Waals surface area contributed by atoms with Gasteiger partial charge in [0, 0.05) is 5.92 Å². The molecule has 3 atom stereocenters. The summed E-state index contributed by atoms with van der Waals surface area (Å²) in [5.41, 5.74) is 0. The van der Waals surface area contributed by atoms with Gasteiger partial charge >= 0.3 is 0 Å². The van der Waals surface area contributed by atoms with Crippen LogP contribution in [0.1, 0.15) is 19.3 Å². The Bertz CT molecular complexity index is 113. The Kier molecular flexibility index (Phi) is 1.24. The Morgan fingerprint density at radius 3 is 3.00 bits per heavy atom. The molecule has 1 saturated carbocycles. The number of hydrogen-bond acceptors (Lipinski definition) is 2. The van der Waals surface area contributed by atoms with Crippen molar-refractivity contribution in [2.24, 2.45) is 11.8 Å². The van der Waals surface area contributed by atoms with E-state index in [9.17, 15) is 5.11 Å². The fourth-order valence-corrected chi connectivity index (χ4v) is 1.99. The maximum Gasteiger partial charge on any atom is 0.157 e. The molecule has 0 aromatic rings. The first kappa shape index (κ1) is 5.69. The first-order chi connectivity index (χ1) is 4.38. The van der Waals surface area contributed by atoms with Crippen molar-refractivity contribution in [1.29, 1.82) is 0 Å². The first-order valence-electron chi connectivity index (χ1n) is 3.67. The summed E-state index contributed by atoms with van der Waals surface area (Å²) in [7, 11) is 0. The second kappa shape index (κ2) is 1.96. The van der Waals surface area contributed by atoms with E-state index >= 15 is 0 Å². The number of rotatable bonds is 0. The van der Waals surface area contributed by atoms with Crippen LogP contribution in [0.3, 0.4) is 0 Å². The molecule has 0 aromatic carbocycles. The van der Waals surface area contributed by atoms with E-state index in [1.165, 1.54) is 19.3 Å². The molecule has 9 heavy (non-hydrogen) atoms. The largest absolute Gasteiger partial charge is 0.368 e. The van der Waals surface area contributed by atoms with E-state index < -0.39 is 6.29 Å². The lowest BCUT2D eigenvalue weighted by molar-refractivity contribution is -0.0829. The van der Waals surface area contributed by atoms with Gasteiger partial charge in [-0.1, -0.05) is 6.42 Å². The quantitative estimate of drug-likeness (QED) is 0.521. The van der Waals surface area contributed by atoms with E-state index in [-0.39, 0.29) is 0 Å². The van der Waals surface area contributed by atoms with Crippen LogP contribution >= 0.6 is 0 Å². The standard InChI is InChI=1S/C7H12O2/c8-7-6-3-1-2-5(6)4-9-7/h5-8H,1-4H2/t5-,6-,7+/m1/s1. The molecule has 1 heterocycles. The highest BCUT2D eigenvalue weighted by molar-refractivity contribution is 4.83. The monoisotopic (exact) mass is 128 g/mol. The van der Waals surface area contributed by atoms with Crippen LogP contribution in [0.25, 0.3) is 0 Å². The lowest BCUT2D eigenvalue weighted by atomic mass is 10.00. The fourth-order valence-electron chi connectivity index (χ4n) is 1.99. The minimum Gasteiger partial charge on any atom is -0.368 e. The lowest BCUT2D eigenvalue weighted by Gasteiger charge is -2.08. The molecule has 1 aliphatic heterocycles. The molecule has 2 fully saturated rings. The van der Waals surface area contributed by atoms with Gasteiger partial charge in [0.25, 0.3) is 0 Å². The van der Waals surface area contributed by atoms with Crippen LogP contribution in [0.5, 0.6) is 0 Å². The summed E-state index contributed by atoms with van der Waals surface area (Å²) < 4.78 is 5.08. The fraction of sp³-hybridized carbons (Fsp3) is 1.00. The van der Waals surface area contributed by atoms with Gasteiger partial charge in [0.05, 0.1) is 6.61 Å². The molecule has 2 nitrogen and oxygen atoms in total. The third-order valence-corrected chi connectivity index (χ3v) is 2.57. The number of aliphatic hydroxyl groups is 1. The third kappa shape index (κ3) is 0.775. The van der Waals surface area contributed by atoms with E-state index in [2.05, 4.69) is 0 Å². The van der Waals surface area contributed by atoms with Gasteiger partial charge in [-0.25, -0.2) is 0 Å². The predicted molar refractivity (Wildman–Crippen MR) is 32.8 cm³/mol. The van der Waals surface area contributed by atoms with Gasteiger partial charge < -0.3 is 9.84 Å². The van der Waals surface area contributed by atoms with Gasteiger partial charge in [0.15, 0.2) is 6.29 Å². The normalized spacial score (nSPS) is 49.7. The van der Waals surface area contributed by atoms with Crippen LogP contribution in [0.4, 0.5) is 0 Å². The maximum absolute atomic E-state index is 9.18. The summed E-state index contributed by atoms with van der Waals surface area (Å²) in [5.74, 6) is 1.16. The summed E-state index contributed by atoms with van der Waals surface area (Å²) >= 11 is 0. The highest BCUT2D eigenvalue weighted by atomic mass is 16.6. The van der Waals surface area contributed by atoms with Crippen LogP contribution in [0.2, 0.25) is 0 Å². The van der Waals surface area contributed by atoms with E-state index in [0.717, 1.165) is 6.61 Å². The lowest BCUT2D eigenvalue weighted by Crippen LogP contribution is -2.14.